The molecule has 1 saturated heterocycles. The van der Waals surface area contributed by atoms with Gasteiger partial charge in [-0.2, -0.15) is 5.10 Å². The molecule has 2 rings (SSSR count). The molecule has 2 heterocycles. The Labute approximate surface area is 125 Å². The van der Waals surface area contributed by atoms with Gasteiger partial charge in [0.25, 0.3) is 0 Å². The van der Waals surface area contributed by atoms with Crippen molar-refractivity contribution in [1.29, 1.82) is 0 Å². The molecule has 1 aromatic rings. The Bertz CT molecular complexity index is 448. The first kappa shape index (κ1) is 15.8. The van der Waals surface area contributed by atoms with E-state index in [0.717, 1.165) is 6.54 Å². The number of aromatic nitrogens is 2. The molecule has 1 N–H and O–H groups in total. The maximum atomic E-state index is 10.6. The number of rotatable bonds is 4. The monoisotopic (exact) mass is 301 g/mol. The Morgan fingerprint density at radius 1 is 1.35 bits per heavy atom. The quantitative estimate of drug-likeness (QED) is 0.927. The summed E-state index contributed by atoms with van der Waals surface area (Å²) in [4.78, 5) is 2.31. The number of hydrogen-bond donors (Lipinski definition) is 1. The highest BCUT2D eigenvalue weighted by Crippen LogP contribution is 2.30. The number of nitrogens with zero attached hydrogens (tertiary/aromatic N) is 3. The molecule has 114 valence electrons. The van der Waals surface area contributed by atoms with Gasteiger partial charge in [0.15, 0.2) is 0 Å². The van der Waals surface area contributed by atoms with Crippen molar-refractivity contribution in [3.05, 3.63) is 16.9 Å². The van der Waals surface area contributed by atoms with Gasteiger partial charge < -0.3 is 9.84 Å². The van der Waals surface area contributed by atoms with Gasteiger partial charge >= 0.3 is 0 Å². The second-order valence-corrected chi connectivity index (χ2v) is 6.27. The number of aliphatic hydroxyl groups excluding tert-OH is 1. The third-order valence-electron chi connectivity index (χ3n) is 3.76. The summed E-state index contributed by atoms with van der Waals surface area (Å²) in [5, 5.41) is 15.4. The van der Waals surface area contributed by atoms with E-state index < -0.39 is 6.10 Å². The first-order chi connectivity index (χ1) is 9.41. The molecule has 1 aliphatic heterocycles. The summed E-state index contributed by atoms with van der Waals surface area (Å²) >= 11 is 6.19. The van der Waals surface area contributed by atoms with E-state index in [2.05, 4.69) is 23.8 Å². The van der Waals surface area contributed by atoms with E-state index in [4.69, 9.17) is 16.3 Å². The smallest absolute Gasteiger partial charge is 0.124 e. The molecule has 1 aromatic heterocycles. The van der Waals surface area contributed by atoms with Crippen LogP contribution in [-0.4, -0.2) is 51.6 Å². The van der Waals surface area contributed by atoms with Crippen molar-refractivity contribution in [2.75, 3.05) is 19.7 Å². The predicted molar refractivity (Wildman–Crippen MR) is 79.0 cm³/mol. The first-order valence-electron chi connectivity index (χ1n) is 7.18. The zero-order valence-corrected chi connectivity index (χ0v) is 13.3. The summed E-state index contributed by atoms with van der Waals surface area (Å²) in [5.74, 6) is 0. The Morgan fingerprint density at radius 2 is 2.05 bits per heavy atom. The van der Waals surface area contributed by atoms with Gasteiger partial charge in [-0.25, -0.2) is 0 Å². The molecule has 2 atom stereocenters. The summed E-state index contributed by atoms with van der Waals surface area (Å²) in [5.41, 5.74) is 0.650. The van der Waals surface area contributed by atoms with Gasteiger partial charge in [0.2, 0.25) is 0 Å². The standard InChI is InChI=1S/C14H24ClN3O2/c1-9(2)17-5-6-20-12(8-17)14(19)13-11(15)7-16-18(13)10(3)4/h7,9-10,12,14,19H,5-6,8H2,1-4H3. The lowest BCUT2D eigenvalue weighted by molar-refractivity contribution is -0.0984. The molecule has 20 heavy (non-hydrogen) atoms. The topological polar surface area (TPSA) is 50.5 Å². The van der Waals surface area contributed by atoms with Gasteiger partial charge in [-0.05, 0) is 27.7 Å². The molecule has 0 aromatic carbocycles. The fraction of sp³-hybridized carbons (Fsp3) is 0.786. The second kappa shape index (κ2) is 6.43. The van der Waals surface area contributed by atoms with Crippen molar-refractivity contribution < 1.29 is 9.84 Å². The van der Waals surface area contributed by atoms with E-state index in [1.807, 2.05) is 13.8 Å². The average Bonchev–Trinajstić information content (AvgIpc) is 2.80. The molecule has 0 aliphatic carbocycles. The molecule has 1 fully saturated rings. The van der Waals surface area contributed by atoms with Crippen molar-refractivity contribution in [3.8, 4) is 0 Å². The van der Waals surface area contributed by atoms with Crippen LogP contribution in [0.5, 0.6) is 0 Å². The van der Waals surface area contributed by atoms with Gasteiger partial charge in [-0.15, -0.1) is 0 Å². The van der Waals surface area contributed by atoms with Gasteiger partial charge in [0.05, 0.1) is 23.5 Å². The van der Waals surface area contributed by atoms with Crippen LogP contribution in [0.2, 0.25) is 5.02 Å². The Balaban J connectivity index is 2.18. The van der Waals surface area contributed by atoms with Crippen molar-refractivity contribution in [2.45, 2.75) is 52.0 Å². The van der Waals surface area contributed by atoms with Crippen LogP contribution in [0.15, 0.2) is 6.20 Å². The van der Waals surface area contributed by atoms with Crippen LogP contribution >= 0.6 is 11.6 Å². The SMILES string of the molecule is CC(C)N1CCOC(C(O)c2c(Cl)cnn2C(C)C)C1. The van der Waals surface area contributed by atoms with Crippen LogP contribution < -0.4 is 0 Å². The number of hydrogen-bond acceptors (Lipinski definition) is 4. The number of halogens is 1. The molecule has 6 heteroatoms. The maximum absolute atomic E-state index is 10.6. The third-order valence-corrected chi connectivity index (χ3v) is 4.05. The third kappa shape index (κ3) is 3.17. The van der Waals surface area contributed by atoms with E-state index in [0.29, 0.717) is 29.9 Å². The average molecular weight is 302 g/mol. The Hall–Kier alpha value is -0.620. The van der Waals surface area contributed by atoms with Crippen molar-refractivity contribution in [3.63, 3.8) is 0 Å². The van der Waals surface area contributed by atoms with Gasteiger partial charge in [0.1, 0.15) is 12.2 Å². The first-order valence-corrected chi connectivity index (χ1v) is 7.56. The molecule has 0 amide bonds. The number of aliphatic hydroxyl groups is 1. The Morgan fingerprint density at radius 3 is 2.65 bits per heavy atom. The maximum Gasteiger partial charge on any atom is 0.124 e. The zero-order chi connectivity index (χ0) is 14.9. The molecule has 5 nitrogen and oxygen atoms in total. The van der Waals surface area contributed by atoms with E-state index in [1.165, 1.54) is 0 Å². The fourth-order valence-electron chi connectivity index (χ4n) is 2.57. The van der Waals surface area contributed by atoms with Crippen LogP contribution in [0.3, 0.4) is 0 Å². The highest BCUT2D eigenvalue weighted by Gasteiger charge is 2.32. The van der Waals surface area contributed by atoms with Crippen molar-refractivity contribution >= 4 is 11.6 Å². The van der Waals surface area contributed by atoms with Crippen LogP contribution in [0.4, 0.5) is 0 Å². The minimum atomic E-state index is -0.756. The van der Waals surface area contributed by atoms with Gasteiger partial charge in [0, 0.05) is 25.2 Å². The fourth-order valence-corrected chi connectivity index (χ4v) is 2.81. The number of ether oxygens (including phenoxy) is 1. The van der Waals surface area contributed by atoms with E-state index in [1.54, 1.807) is 10.9 Å². The summed E-state index contributed by atoms with van der Waals surface area (Å²) in [7, 11) is 0. The highest BCUT2D eigenvalue weighted by atomic mass is 35.5. The van der Waals surface area contributed by atoms with E-state index >= 15 is 0 Å². The normalized spacial score (nSPS) is 22.7. The highest BCUT2D eigenvalue weighted by molar-refractivity contribution is 6.31. The zero-order valence-electron chi connectivity index (χ0n) is 12.6. The molecular formula is C14H24ClN3O2. The second-order valence-electron chi connectivity index (χ2n) is 5.86. The summed E-state index contributed by atoms with van der Waals surface area (Å²) in [6.07, 6.45) is 0.565. The van der Waals surface area contributed by atoms with Crippen molar-refractivity contribution in [1.82, 2.24) is 14.7 Å². The molecule has 0 saturated carbocycles. The summed E-state index contributed by atoms with van der Waals surface area (Å²) < 4.78 is 7.51. The summed E-state index contributed by atoms with van der Waals surface area (Å²) in [6, 6.07) is 0.594. The molecule has 0 radical (unpaired) electrons. The summed E-state index contributed by atoms with van der Waals surface area (Å²) in [6.45, 7) is 10.6. The molecule has 0 spiro atoms. The van der Waals surface area contributed by atoms with Crippen LogP contribution in [0.25, 0.3) is 0 Å². The lowest BCUT2D eigenvalue weighted by Crippen LogP contribution is -2.48. The number of morpholine rings is 1. The van der Waals surface area contributed by atoms with E-state index in [-0.39, 0.29) is 12.1 Å². The molecule has 1 aliphatic rings. The van der Waals surface area contributed by atoms with Crippen LogP contribution in [0, 0.1) is 0 Å². The molecule has 2 unspecified atom stereocenters. The molecule has 0 bridgehead atoms. The van der Waals surface area contributed by atoms with Crippen LogP contribution in [0.1, 0.15) is 45.5 Å². The lowest BCUT2D eigenvalue weighted by Gasteiger charge is -2.37. The molecular weight excluding hydrogens is 278 g/mol. The van der Waals surface area contributed by atoms with Crippen LogP contribution in [-0.2, 0) is 4.74 Å². The minimum absolute atomic E-state index is 0.150. The van der Waals surface area contributed by atoms with Gasteiger partial charge in [-0.1, -0.05) is 11.6 Å². The largest absolute Gasteiger partial charge is 0.384 e. The minimum Gasteiger partial charge on any atom is -0.384 e. The lowest BCUT2D eigenvalue weighted by atomic mass is 10.1. The Kier molecular flexibility index (Phi) is 5.07. The van der Waals surface area contributed by atoms with E-state index in [9.17, 15) is 5.11 Å². The predicted octanol–water partition coefficient (Wildman–Crippen LogP) is 2.26. The van der Waals surface area contributed by atoms with Gasteiger partial charge in [-0.3, -0.25) is 9.58 Å². The van der Waals surface area contributed by atoms with Crippen molar-refractivity contribution in [2.24, 2.45) is 0 Å².